The Labute approximate surface area is 91.1 Å². The molecule has 15 heavy (non-hydrogen) atoms. The number of nitrogens with two attached hydrogens (primary N) is 2. The lowest BCUT2D eigenvalue weighted by molar-refractivity contribution is -0.154. The van der Waals surface area contributed by atoms with Gasteiger partial charge in [0.15, 0.2) is 0 Å². The minimum Gasteiger partial charge on any atom is -0.460 e. The lowest BCUT2D eigenvalue weighted by Crippen LogP contribution is -2.24. The normalized spacial score (nSPS) is 9.93. The minimum atomic E-state index is -0.455. The summed E-state index contributed by atoms with van der Waals surface area (Å²) in [6.45, 7) is 5.41. The van der Waals surface area contributed by atoms with Crippen LogP contribution in [-0.2, 0) is 14.3 Å². The molecule has 0 aliphatic carbocycles. The molecule has 0 saturated heterocycles. The molecule has 0 heterocycles. The first-order valence-electron chi connectivity index (χ1n) is 4.89. The summed E-state index contributed by atoms with van der Waals surface area (Å²) in [7, 11) is 1.50. The van der Waals surface area contributed by atoms with Crippen LogP contribution in [0.15, 0.2) is 0 Å². The zero-order valence-corrected chi connectivity index (χ0v) is 10.0. The van der Waals surface area contributed by atoms with E-state index >= 15 is 0 Å². The summed E-state index contributed by atoms with van der Waals surface area (Å²) in [5, 5.41) is 0. The van der Waals surface area contributed by atoms with Crippen molar-refractivity contribution in [2.45, 2.75) is 45.6 Å². The molecule has 0 aliphatic rings. The Morgan fingerprint density at radius 3 is 1.93 bits per heavy atom. The third kappa shape index (κ3) is 15.6. The monoisotopic (exact) mass is 218 g/mol. The summed E-state index contributed by atoms with van der Waals surface area (Å²) in [5.74, 6) is -0.669. The first kappa shape index (κ1) is 16.3. The van der Waals surface area contributed by atoms with Crippen molar-refractivity contribution in [3.8, 4) is 0 Å². The van der Waals surface area contributed by atoms with Crippen molar-refractivity contribution in [2.24, 2.45) is 11.5 Å². The third-order valence-corrected chi connectivity index (χ3v) is 1.22. The van der Waals surface area contributed by atoms with Crippen LogP contribution in [0, 0.1) is 0 Å². The number of amides is 1. The van der Waals surface area contributed by atoms with Gasteiger partial charge in [-0.15, -0.1) is 0 Å². The molecule has 4 N–H and O–H groups in total. The number of primary amides is 1. The largest absolute Gasteiger partial charge is 0.460 e. The fraction of sp³-hybridized carbons (Fsp3) is 0.800. The van der Waals surface area contributed by atoms with Crippen molar-refractivity contribution < 1.29 is 14.3 Å². The van der Waals surface area contributed by atoms with Gasteiger partial charge in [-0.3, -0.25) is 9.59 Å². The molecule has 0 aromatic heterocycles. The second-order valence-electron chi connectivity index (χ2n) is 3.91. The summed E-state index contributed by atoms with van der Waals surface area (Å²) < 4.78 is 5.03. The third-order valence-electron chi connectivity index (χ3n) is 1.22. The standard InChI is InChI=1S/C9H17NO3.CH5N/c1-9(2,3)13-8(12)6-4-5-7(10)11;1-2/h4-6H2,1-3H3,(H2,10,11);2H2,1H3. The van der Waals surface area contributed by atoms with E-state index in [1.807, 2.05) is 0 Å². The Morgan fingerprint density at radius 2 is 1.60 bits per heavy atom. The van der Waals surface area contributed by atoms with Crippen molar-refractivity contribution in [2.75, 3.05) is 7.05 Å². The van der Waals surface area contributed by atoms with Gasteiger partial charge in [-0.25, -0.2) is 0 Å². The maximum absolute atomic E-state index is 11.1. The molecule has 0 fully saturated rings. The molecule has 5 nitrogen and oxygen atoms in total. The van der Waals surface area contributed by atoms with Gasteiger partial charge in [0.2, 0.25) is 5.91 Å². The number of rotatable bonds is 4. The van der Waals surface area contributed by atoms with Crippen LogP contribution in [0.25, 0.3) is 0 Å². The van der Waals surface area contributed by atoms with Crippen molar-refractivity contribution >= 4 is 11.9 Å². The lowest BCUT2D eigenvalue weighted by Gasteiger charge is -2.19. The Bertz CT molecular complexity index is 197. The summed E-state index contributed by atoms with van der Waals surface area (Å²) >= 11 is 0. The van der Waals surface area contributed by atoms with Crippen LogP contribution in [-0.4, -0.2) is 24.5 Å². The van der Waals surface area contributed by atoms with Gasteiger partial charge >= 0.3 is 5.97 Å². The van der Waals surface area contributed by atoms with Crippen LogP contribution in [0.2, 0.25) is 0 Å². The predicted molar refractivity (Wildman–Crippen MR) is 59.0 cm³/mol. The Balaban J connectivity index is 0. The number of ether oxygens (including phenoxy) is 1. The van der Waals surface area contributed by atoms with Crippen molar-refractivity contribution in [1.82, 2.24) is 0 Å². The van der Waals surface area contributed by atoms with E-state index in [-0.39, 0.29) is 24.7 Å². The van der Waals surface area contributed by atoms with Gasteiger partial charge in [-0.05, 0) is 34.2 Å². The van der Waals surface area contributed by atoms with Crippen LogP contribution in [0.3, 0.4) is 0 Å². The molecule has 0 atom stereocenters. The van der Waals surface area contributed by atoms with Gasteiger partial charge in [-0.2, -0.15) is 0 Å². The van der Waals surface area contributed by atoms with Crippen LogP contribution in [0.4, 0.5) is 0 Å². The molecule has 0 rings (SSSR count). The highest BCUT2D eigenvalue weighted by Crippen LogP contribution is 2.09. The second kappa shape index (κ2) is 8.23. The molecule has 1 amide bonds. The van der Waals surface area contributed by atoms with E-state index in [2.05, 4.69) is 5.73 Å². The number of hydrogen-bond donors (Lipinski definition) is 2. The van der Waals surface area contributed by atoms with Gasteiger partial charge in [0.1, 0.15) is 5.60 Å². The molecule has 5 heteroatoms. The maximum atomic E-state index is 11.1. The van der Waals surface area contributed by atoms with Gasteiger partial charge in [-0.1, -0.05) is 0 Å². The number of hydrogen-bond acceptors (Lipinski definition) is 4. The average molecular weight is 218 g/mol. The van der Waals surface area contributed by atoms with E-state index in [0.29, 0.717) is 6.42 Å². The molecule has 0 aromatic rings. The van der Waals surface area contributed by atoms with Crippen LogP contribution in [0.5, 0.6) is 0 Å². The maximum Gasteiger partial charge on any atom is 0.306 e. The average Bonchev–Trinajstić information content (AvgIpc) is 2.03. The second-order valence-corrected chi connectivity index (χ2v) is 3.91. The molecule has 90 valence electrons. The SMILES string of the molecule is CC(C)(C)OC(=O)CCCC(N)=O.CN. The van der Waals surface area contributed by atoms with Crippen LogP contribution >= 0.6 is 0 Å². The van der Waals surface area contributed by atoms with E-state index in [9.17, 15) is 9.59 Å². The topological polar surface area (TPSA) is 95.4 Å². The first-order chi connectivity index (χ1) is 6.81. The first-order valence-corrected chi connectivity index (χ1v) is 4.89. The van der Waals surface area contributed by atoms with Crippen molar-refractivity contribution in [1.29, 1.82) is 0 Å². The molecule has 0 radical (unpaired) electrons. The fourth-order valence-electron chi connectivity index (χ4n) is 0.799. The van der Waals surface area contributed by atoms with Gasteiger partial charge in [0, 0.05) is 12.8 Å². The summed E-state index contributed by atoms with van der Waals surface area (Å²) in [5.41, 5.74) is 8.96. The molecule has 0 saturated carbocycles. The highest BCUT2D eigenvalue weighted by Gasteiger charge is 2.15. The molecule has 0 aliphatic heterocycles. The van der Waals surface area contributed by atoms with Crippen LogP contribution < -0.4 is 11.5 Å². The number of carbonyl (C=O) groups excluding carboxylic acids is 2. The smallest absolute Gasteiger partial charge is 0.306 e. The van der Waals surface area contributed by atoms with Gasteiger partial charge < -0.3 is 16.2 Å². The van der Waals surface area contributed by atoms with Crippen molar-refractivity contribution in [3.05, 3.63) is 0 Å². The van der Waals surface area contributed by atoms with Gasteiger partial charge in [0.05, 0.1) is 0 Å². The van der Waals surface area contributed by atoms with Crippen molar-refractivity contribution in [3.63, 3.8) is 0 Å². The molecule has 0 unspecified atom stereocenters. The zero-order valence-electron chi connectivity index (χ0n) is 10.0. The fourth-order valence-corrected chi connectivity index (χ4v) is 0.799. The van der Waals surface area contributed by atoms with Gasteiger partial charge in [0.25, 0.3) is 0 Å². The Hall–Kier alpha value is -1.10. The molecule has 0 bridgehead atoms. The number of carbonyl (C=O) groups is 2. The summed E-state index contributed by atoms with van der Waals surface area (Å²) in [4.78, 5) is 21.4. The van der Waals surface area contributed by atoms with Crippen LogP contribution in [0.1, 0.15) is 40.0 Å². The van der Waals surface area contributed by atoms with E-state index in [1.54, 1.807) is 20.8 Å². The van der Waals surface area contributed by atoms with E-state index in [1.165, 1.54) is 7.05 Å². The zero-order chi connectivity index (χ0) is 12.5. The predicted octanol–water partition coefficient (Wildman–Crippen LogP) is 0.559. The molecular formula is C10H22N2O3. The Kier molecular flexibility index (Phi) is 8.96. The highest BCUT2D eigenvalue weighted by molar-refractivity contribution is 5.75. The number of esters is 1. The Morgan fingerprint density at radius 1 is 1.13 bits per heavy atom. The molecule has 0 aromatic carbocycles. The minimum absolute atomic E-state index is 0.235. The highest BCUT2D eigenvalue weighted by atomic mass is 16.6. The summed E-state index contributed by atoms with van der Waals surface area (Å²) in [6.07, 6.45) is 0.948. The lowest BCUT2D eigenvalue weighted by atomic mass is 10.2. The van der Waals surface area contributed by atoms with E-state index < -0.39 is 5.60 Å². The summed E-state index contributed by atoms with van der Waals surface area (Å²) in [6, 6.07) is 0. The quantitative estimate of drug-likeness (QED) is 0.674. The van der Waals surface area contributed by atoms with E-state index in [0.717, 1.165) is 0 Å². The molecule has 0 spiro atoms. The molecular weight excluding hydrogens is 196 g/mol. The van der Waals surface area contributed by atoms with E-state index in [4.69, 9.17) is 10.5 Å².